The van der Waals surface area contributed by atoms with E-state index in [-0.39, 0.29) is 5.95 Å². The smallest absolute Gasteiger partial charge is 0.219 e. The number of nitrogen functional groups attached to an aromatic ring is 1. The highest BCUT2D eigenvalue weighted by molar-refractivity contribution is 5.80. The first-order chi connectivity index (χ1) is 9.56. The second-order valence-electron chi connectivity index (χ2n) is 4.76. The normalized spacial score (nSPS) is 13.5. The van der Waals surface area contributed by atoms with Crippen molar-refractivity contribution in [3.05, 3.63) is 48.1 Å². The average Bonchev–Trinajstić information content (AvgIpc) is 2.43. The van der Waals surface area contributed by atoms with E-state index in [1.807, 2.05) is 31.1 Å². The van der Waals surface area contributed by atoms with Crippen LogP contribution < -0.4 is 5.73 Å². The van der Waals surface area contributed by atoms with Crippen LogP contribution >= 0.6 is 0 Å². The number of hydrogen-bond acceptors (Lipinski definition) is 5. The summed E-state index contributed by atoms with van der Waals surface area (Å²) in [5, 5.41) is 0. The van der Waals surface area contributed by atoms with Gasteiger partial charge in [-0.3, -0.25) is 4.98 Å². The molecule has 0 saturated carbocycles. The molecule has 2 aromatic rings. The van der Waals surface area contributed by atoms with Crippen molar-refractivity contribution in [1.29, 1.82) is 0 Å². The first-order valence-electron chi connectivity index (χ1n) is 6.26. The number of fused-ring (bicyclic) bond motifs is 1. The molecule has 20 heavy (non-hydrogen) atoms. The van der Waals surface area contributed by atoms with Crippen molar-refractivity contribution >= 4 is 17.7 Å². The molecule has 3 heterocycles. The Morgan fingerprint density at radius 1 is 1.25 bits per heavy atom. The summed E-state index contributed by atoms with van der Waals surface area (Å²) < 4.78 is 0. The van der Waals surface area contributed by atoms with Gasteiger partial charge in [0.15, 0.2) is 0 Å². The highest BCUT2D eigenvalue weighted by Gasteiger charge is 2.17. The molecule has 0 amide bonds. The number of anilines is 1. The van der Waals surface area contributed by atoms with E-state index in [4.69, 9.17) is 5.73 Å². The van der Waals surface area contributed by atoms with Crippen LogP contribution in [0.3, 0.4) is 0 Å². The lowest BCUT2D eigenvalue weighted by Gasteiger charge is -2.25. The van der Waals surface area contributed by atoms with Crippen LogP contribution in [0.25, 0.3) is 23.0 Å². The minimum Gasteiger partial charge on any atom is -0.368 e. The summed E-state index contributed by atoms with van der Waals surface area (Å²) in [5.74, 6) is 0.262. The van der Waals surface area contributed by atoms with Gasteiger partial charge in [-0.15, -0.1) is 0 Å². The van der Waals surface area contributed by atoms with Crippen molar-refractivity contribution in [2.45, 2.75) is 6.92 Å². The maximum Gasteiger partial charge on any atom is 0.219 e. The van der Waals surface area contributed by atoms with E-state index in [0.717, 1.165) is 33.8 Å². The molecule has 0 fully saturated rings. The summed E-state index contributed by atoms with van der Waals surface area (Å²) in [7, 11) is 1.98. The molecule has 0 aromatic carbocycles. The second-order valence-corrected chi connectivity index (χ2v) is 4.76. The minimum atomic E-state index is 0.262. The quantitative estimate of drug-likeness (QED) is 0.857. The number of rotatable bonds is 1. The van der Waals surface area contributed by atoms with E-state index in [9.17, 15) is 0 Å². The summed E-state index contributed by atoms with van der Waals surface area (Å²) >= 11 is 0. The molecule has 1 aliphatic rings. The summed E-state index contributed by atoms with van der Waals surface area (Å²) in [4.78, 5) is 14.6. The van der Waals surface area contributed by atoms with Gasteiger partial charge in [-0.05, 0) is 24.6 Å². The molecular formula is C15H15N5. The number of aromatic nitrogens is 3. The van der Waals surface area contributed by atoms with E-state index in [1.54, 1.807) is 12.4 Å². The Kier molecular flexibility index (Phi) is 2.75. The predicted octanol–water partition coefficient (Wildman–Crippen LogP) is 2.32. The summed E-state index contributed by atoms with van der Waals surface area (Å²) in [6.45, 7) is 6.09. The van der Waals surface area contributed by atoms with Gasteiger partial charge in [0.2, 0.25) is 5.95 Å². The van der Waals surface area contributed by atoms with Gasteiger partial charge in [0, 0.05) is 48.2 Å². The van der Waals surface area contributed by atoms with Crippen LogP contribution in [0.2, 0.25) is 0 Å². The molecule has 0 bridgehead atoms. The monoisotopic (exact) mass is 265 g/mol. The summed E-state index contributed by atoms with van der Waals surface area (Å²) in [6.07, 6.45) is 7.42. The van der Waals surface area contributed by atoms with Crippen LogP contribution in [0.5, 0.6) is 0 Å². The molecule has 3 rings (SSSR count). The van der Waals surface area contributed by atoms with Crippen molar-refractivity contribution in [3.8, 4) is 11.3 Å². The van der Waals surface area contributed by atoms with E-state index < -0.39 is 0 Å². The molecule has 100 valence electrons. The van der Waals surface area contributed by atoms with Crippen LogP contribution in [-0.4, -0.2) is 26.9 Å². The first-order valence-corrected chi connectivity index (χ1v) is 6.26. The average molecular weight is 265 g/mol. The van der Waals surface area contributed by atoms with Gasteiger partial charge >= 0.3 is 0 Å². The van der Waals surface area contributed by atoms with Crippen molar-refractivity contribution in [2.24, 2.45) is 0 Å². The molecule has 0 unspecified atom stereocenters. The highest BCUT2D eigenvalue weighted by atomic mass is 15.1. The molecule has 1 aliphatic heterocycles. The molecular weight excluding hydrogens is 250 g/mol. The van der Waals surface area contributed by atoms with E-state index >= 15 is 0 Å². The van der Waals surface area contributed by atoms with E-state index in [1.165, 1.54) is 0 Å². The fraction of sp³-hybridized carbons (Fsp3) is 0.133. The highest BCUT2D eigenvalue weighted by Crippen LogP contribution is 2.31. The Balaban J connectivity index is 2.14. The number of hydrogen-bond donors (Lipinski definition) is 1. The minimum absolute atomic E-state index is 0.262. The Morgan fingerprint density at radius 2 is 1.95 bits per heavy atom. The Bertz CT molecular complexity index is 716. The lowest BCUT2D eigenvalue weighted by atomic mass is 9.98. The Hall–Kier alpha value is -2.69. The predicted molar refractivity (Wildman–Crippen MR) is 80.2 cm³/mol. The maximum atomic E-state index is 5.51. The number of nitrogens with zero attached hydrogens (tertiary/aromatic N) is 4. The zero-order chi connectivity index (χ0) is 14.3. The molecule has 2 aromatic heterocycles. The molecule has 0 aliphatic carbocycles. The van der Waals surface area contributed by atoms with Crippen LogP contribution in [0.15, 0.2) is 31.2 Å². The van der Waals surface area contributed by atoms with Crippen molar-refractivity contribution in [3.63, 3.8) is 0 Å². The zero-order valence-electron chi connectivity index (χ0n) is 11.5. The molecule has 5 heteroatoms. The maximum absolute atomic E-state index is 5.51. The van der Waals surface area contributed by atoms with Crippen LogP contribution in [-0.2, 0) is 0 Å². The Labute approximate surface area is 117 Å². The van der Waals surface area contributed by atoms with Crippen molar-refractivity contribution in [2.75, 3.05) is 12.8 Å². The van der Waals surface area contributed by atoms with Gasteiger partial charge in [-0.1, -0.05) is 6.58 Å². The third-order valence-electron chi connectivity index (χ3n) is 3.39. The Morgan fingerprint density at radius 3 is 2.65 bits per heavy atom. The van der Waals surface area contributed by atoms with E-state index in [0.29, 0.717) is 0 Å². The largest absolute Gasteiger partial charge is 0.368 e. The van der Waals surface area contributed by atoms with E-state index in [2.05, 4.69) is 27.6 Å². The molecule has 0 atom stereocenters. The SMILES string of the molecule is C=C1c2c(cc(-c3cnc(N)nc3)nc2C)C=CN1C. The van der Waals surface area contributed by atoms with Crippen molar-refractivity contribution in [1.82, 2.24) is 19.9 Å². The fourth-order valence-electron chi connectivity index (χ4n) is 2.28. The number of nitrogens with two attached hydrogens (primary N) is 1. The zero-order valence-corrected chi connectivity index (χ0v) is 11.5. The first kappa shape index (κ1) is 12.3. The van der Waals surface area contributed by atoms with Gasteiger partial charge in [-0.2, -0.15) is 0 Å². The fourth-order valence-corrected chi connectivity index (χ4v) is 2.28. The third kappa shape index (κ3) is 1.93. The molecule has 0 spiro atoms. The molecule has 5 nitrogen and oxygen atoms in total. The molecule has 0 saturated heterocycles. The van der Waals surface area contributed by atoms with Crippen LogP contribution in [0.4, 0.5) is 5.95 Å². The summed E-state index contributed by atoms with van der Waals surface area (Å²) in [6, 6.07) is 2.02. The lowest BCUT2D eigenvalue weighted by Crippen LogP contribution is -2.14. The molecule has 0 radical (unpaired) electrons. The van der Waals surface area contributed by atoms with Crippen LogP contribution in [0.1, 0.15) is 16.8 Å². The second kappa shape index (κ2) is 4.45. The van der Waals surface area contributed by atoms with Gasteiger partial charge in [0.05, 0.1) is 5.69 Å². The van der Waals surface area contributed by atoms with Crippen molar-refractivity contribution < 1.29 is 0 Å². The standard InChI is InChI=1S/C15H15N5/c1-9-14-10(2)20(3)5-4-11(14)6-13(19-9)12-7-17-15(16)18-8-12/h4-8H,2H2,1,3H3,(H2,16,17,18). The topological polar surface area (TPSA) is 67.9 Å². The van der Waals surface area contributed by atoms with Gasteiger partial charge in [0.25, 0.3) is 0 Å². The number of aryl methyl sites for hydroxylation is 1. The molecule has 2 N–H and O–H groups in total. The summed E-state index contributed by atoms with van der Waals surface area (Å²) in [5.41, 5.74) is 11.3. The van der Waals surface area contributed by atoms with Gasteiger partial charge in [0.1, 0.15) is 0 Å². The number of pyridine rings is 1. The third-order valence-corrected chi connectivity index (χ3v) is 3.39. The van der Waals surface area contributed by atoms with Gasteiger partial charge in [-0.25, -0.2) is 9.97 Å². The van der Waals surface area contributed by atoms with Gasteiger partial charge < -0.3 is 10.6 Å². The lowest BCUT2D eigenvalue weighted by molar-refractivity contribution is 0.654. The van der Waals surface area contributed by atoms with Crippen LogP contribution in [0, 0.1) is 6.92 Å².